The minimum absolute atomic E-state index is 0.431. The van der Waals surface area contributed by atoms with Gasteiger partial charge in [0.1, 0.15) is 0 Å². The fraction of sp³-hybridized carbons (Fsp3) is 0.231. The van der Waals surface area contributed by atoms with E-state index in [2.05, 4.69) is 45.9 Å². The Balaban J connectivity index is 0.000000249. The summed E-state index contributed by atoms with van der Waals surface area (Å²) in [5, 5.41) is 0. The van der Waals surface area contributed by atoms with E-state index in [0.29, 0.717) is 13.1 Å². The van der Waals surface area contributed by atoms with Crippen molar-refractivity contribution in [1.29, 1.82) is 0 Å². The highest BCUT2D eigenvalue weighted by Crippen LogP contribution is 2.15. The maximum atomic E-state index is 9.18. The number of hydrogen-bond donors (Lipinski definition) is 1. The molecule has 2 rings (SSSR count). The van der Waals surface area contributed by atoms with Gasteiger partial charge in [0.25, 0.3) is 6.47 Å². The van der Waals surface area contributed by atoms with Gasteiger partial charge in [-0.3, -0.25) is 4.79 Å². The first kappa shape index (κ1) is 13.0. The average molecular weight is 232 g/mol. The molecule has 0 saturated carbocycles. The molecule has 0 aliphatic carbocycles. The number of nitrogens with zero attached hydrogens (tertiary/aromatic N) is 1. The molecule has 17 heavy (non-hydrogen) atoms. The maximum absolute atomic E-state index is 9.18. The van der Waals surface area contributed by atoms with Crippen LogP contribution in [0.5, 0.6) is 0 Å². The Morgan fingerprint density at radius 1 is 1.35 bits per heavy atom. The van der Waals surface area contributed by atoms with Crippen LogP contribution in [0.4, 0.5) is 0 Å². The van der Waals surface area contributed by atoms with E-state index in [9.17, 15) is 4.79 Å². The third-order valence-corrected chi connectivity index (χ3v) is 2.10. The van der Waals surface area contributed by atoms with Gasteiger partial charge >= 0.3 is 0 Å². The van der Waals surface area contributed by atoms with Crippen LogP contribution in [0.3, 0.4) is 0 Å². The molecule has 0 aliphatic rings. The van der Waals surface area contributed by atoms with Gasteiger partial charge in [-0.05, 0) is 19.4 Å². The molecule has 0 spiro atoms. The van der Waals surface area contributed by atoms with Crippen molar-refractivity contribution in [2.24, 2.45) is 0 Å². The first-order valence-electron chi connectivity index (χ1n) is 5.38. The Morgan fingerprint density at radius 2 is 2.06 bits per heavy atom. The number of aromatic amines is 1. The lowest BCUT2D eigenvalue weighted by atomic mass is 10.1. The van der Waals surface area contributed by atoms with Crippen molar-refractivity contribution in [2.45, 2.75) is 13.8 Å². The summed E-state index contributed by atoms with van der Waals surface area (Å²) in [4.78, 5) is 16.2. The number of imidazole rings is 1. The van der Waals surface area contributed by atoms with Gasteiger partial charge < -0.3 is 9.72 Å². The molecule has 0 amide bonds. The number of benzene rings is 1. The van der Waals surface area contributed by atoms with Gasteiger partial charge in [0.05, 0.1) is 24.8 Å². The van der Waals surface area contributed by atoms with Crippen molar-refractivity contribution < 1.29 is 9.53 Å². The second kappa shape index (κ2) is 7.22. The van der Waals surface area contributed by atoms with Gasteiger partial charge in [-0.2, -0.15) is 0 Å². The number of hydrogen-bond acceptors (Lipinski definition) is 3. The molecular formula is C13H16N2O2. The molecule has 1 heterocycles. The molecule has 2 aromatic rings. The predicted octanol–water partition coefficient (Wildman–Crippen LogP) is 2.56. The minimum atomic E-state index is 0.431. The lowest BCUT2D eigenvalue weighted by Crippen LogP contribution is -1.80. The van der Waals surface area contributed by atoms with Crippen LogP contribution in [0.25, 0.3) is 11.3 Å². The molecular weight excluding hydrogens is 216 g/mol. The van der Waals surface area contributed by atoms with Crippen LogP contribution in [0.1, 0.15) is 12.5 Å². The molecule has 4 heteroatoms. The fourth-order valence-corrected chi connectivity index (χ4v) is 1.21. The Bertz CT molecular complexity index is 421. The highest BCUT2D eigenvalue weighted by molar-refractivity contribution is 5.58. The molecule has 1 N–H and O–H groups in total. The summed E-state index contributed by atoms with van der Waals surface area (Å²) in [7, 11) is 0. The van der Waals surface area contributed by atoms with Crippen molar-refractivity contribution in [3.05, 3.63) is 42.4 Å². The molecule has 0 bridgehead atoms. The highest BCUT2D eigenvalue weighted by Gasteiger charge is 1.95. The van der Waals surface area contributed by atoms with Gasteiger partial charge in [-0.25, -0.2) is 4.98 Å². The molecule has 0 atom stereocenters. The molecule has 90 valence electrons. The summed E-state index contributed by atoms with van der Waals surface area (Å²) in [6.07, 6.45) is 3.51. The second-order valence-electron chi connectivity index (χ2n) is 3.38. The lowest BCUT2D eigenvalue weighted by Gasteiger charge is -1.96. The van der Waals surface area contributed by atoms with E-state index in [1.54, 1.807) is 13.3 Å². The first-order valence-corrected chi connectivity index (χ1v) is 5.38. The summed E-state index contributed by atoms with van der Waals surface area (Å²) >= 11 is 0. The van der Waals surface area contributed by atoms with Crippen LogP contribution < -0.4 is 0 Å². The topological polar surface area (TPSA) is 55.0 Å². The monoisotopic (exact) mass is 232 g/mol. The van der Waals surface area contributed by atoms with Crippen molar-refractivity contribution in [3.63, 3.8) is 0 Å². The van der Waals surface area contributed by atoms with Crippen LogP contribution in [0.2, 0.25) is 0 Å². The maximum Gasteiger partial charge on any atom is 0.293 e. The molecule has 0 radical (unpaired) electrons. The fourth-order valence-electron chi connectivity index (χ4n) is 1.21. The highest BCUT2D eigenvalue weighted by atomic mass is 16.5. The zero-order chi connectivity index (χ0) is 12.5. The Morgan fingerprint density at radius 3 is 2.47 bits per heavy atom. The summed E-state index contributed by atoms with van der Waals surface area (Å²) in [5.74, 6) is 0. The quantitative estimate of drug-likeness (QED) is 0.827. The van der Waals surface area contributed by atoms with E-state index >= 15 is 0 Å². The number of aromatic nitrogens is 2. The van der Waals surface area contributed by atoms with Crippen molar-refractivity contribution in [1.82, 2.24) is 9.97 Å². The first-order chi connectivity index (χ1) is 8.27. The molecule has 1 aromatic heterocycles. The van der Waals surface area contributed by atoms with Crippen molar-refractivity contribution >= 4 is 6.47 Å². The summed E-state index contributed by atoms with van der Waals surface area (Å²) in [6, 6.07) is 8.36. The Hall–Kier alpha value is -2.10. The Kier molecular flexibility index (Phi) is 5.51. The predicted molar refractivity (Wildman–Crippen MR) is 66.5 cm³/mol. The molecule has 0 unspecified atom stereocenters. The van der Waals surface area contributed by atoms with Crippen LogP contribution in [0.15, 0.2) is 36.8 Å². The van der Waals surface area contributed by atoms with Crippen molar-refractivity contribution in [3.8, 4) is 11.3 Å². The van der Waals surface area contributed by atoms with Gasteiger partial charge in [-0.15, -0.1) is 0 Å². The van der Waals surface area contributed by atoms with E-state index in [4.69, 9.17) is 0 Å². The number of aryl methyl sites for hydroxylation is 1. The molecule has 0 saturated heterocycles. The van der Waals surface area contributed by atoms with Gasteiger partial charge in [0.15, 0.2) is 0 Å². The SMILES string of the molecule is CCOC=O.Cc1ccc(-c2cnc[nH]2)cc1. The average Bonchev–Trinajstić information content (AvgIpc) is 2.85. The summed E-state index contributed by atoms with van der Waals surface area (Å²) in [5.41, 5.74) is 3.52. The minimum Gasteiger partial charge on any atom is -0.468 e. The largest absolute Gasteiger partial charge is 0.468 e. The Labute approximate surface area is 101 Å². The standard InChI is InChI=1S/C10H10N2.C3H6O2/c1-8-2-4-9(5-3-8)10-6-11-7-12-10;1-2-5-3-4/h2-7H,1H3,(H,11,12);3H,2H2,1H3. The molecule has 4 nitrogen and oxygen atoms in total. The van der Waals surface area contributed by atoms with Crippen LogP contribution in [0, 0.1) is 6.92 Å². The van der Waals surface area contributed by atoms with Gasteiger partial charge in [-0.1, -0.05) is 29.8 Å². The summed E-state index contributed by atoms with van der Waals surface area (Å²) in [6.45, 7) is 4.74. The van der Waals surface area contributed by atoms with E-state index in [1.165, 1.54) is 11.1 Å². The van der Waals surface area contributed by atoms with E-state index in [0.717, 1.165) is 5.69 Å². The normalized spacial score (nSPS) is 9.06. The lowest BCUT2D eigenvalue weighted by molar-refractivity contribution is -0.128. The summed E-state index contributed by atoms with van der Waals surface area (Å²) < 4.78 is 4.15. The molecule has 0 aliphatic heterocycles. The number of rotatable bonds is 3. The van der Waals surface area contributed by atoms with E-state index in [1.807, 2.05) is 6.20 Å². The van der Waals surface area contributed by atoms with E-state index in [-0.39, 0.29) is 0 Å². The molecule has 0 fully saturated rings. The zero-order valence-electron chi connectivity index (χ0n) is 10.0. The van der Waals surface area contributed by atoms with Crippen LogP contribution in [-0.4, -0.2) is 23.0 Å². The number of ether oxygens (including phenoxy) is 1. The zero-order valence-corrected chi connectivity index (χ0v) is 10.0. The number of carbonyl (C=O) groups is 1. The van der Waals surface area contributed by atoms with Crippen LogP contribution in [-0.2, 0) is 9.53 Å². The second-order valence-corrected chi connectivity index (χ2v) is 3.38. The number of nitrogens with one attached hydrogen (secondary N) is 1. The van der Waals surface area contributed by atoms with Crippen LogP contribution >= 0.6 is 0 Å². The van der Waals surface area contributed by atoms with Gasteiger partial charge in [0.2, 0.25) is 0 Å². The van der Waals surface area contributed by atoms with E-state index < -0.39 is 0 Å². The third kappa shape index (κ3) is 4.51. The molecule has 1 aromatic carbocycles. The smallest absolute Gasteiger partial charge is 0.293 e. The van der Waals surface area contributed by atoms with Crippen molar-refractivity contribution in [2.75, 3.05) is 6.61 Å². The van der Waals surface area contributed by atoms with Gasteiger partial charge in [0, 0.05) is 0 Å². The third-order valence-electron chi connectivity index (χ3n) is 2.10. The number of H-pyrrole nitrogens is 1. The number of carbonyl (C=O) groups excluding carboxylic acids is 1.